The third kappa shape index (κ3) is 5.09. The number of methoxy groups -OCH3 is 1. The van der Waals surface area contributed by atoms with Crippen molar-refractivity contribution in [3.05, 3.63) is 18.0 Å². The number of hydrogen-bond acceptors (Lipinski definition) is 5. The van der Waals surface area contributed by atoms with Crippen molar-refractivity contribution in [3.8, 4) is 0 Å². The smallest absolute Gasteiger partial charge is 0.270 e. The Kier molecular flexibility index (Phi) is 6.07. The molecule has 0 atom stereocenters. The molecule has 2 N–H and O–H groups in total. The molecule has 1 rings (SSSR count). The van der Waals surface area contributed by atoms with Crippen molar-refractivity contribution in [1.29, 1.82) is 0 Å². The van der Waals surface area contributed by atoms with E-state index in [9.17, 15) is 4.79 Å². The maximum absolute atomic E-state index is 11.8. The van der Waals surface area contributed by atoms with Crippen LogP contribution in [-0.4, -0.2) is 42.2 Å². The number of carbonyl (C=O) groups is 1. The van der Waals surface area contributed by atoms with Crippen LogP contribution in [0.25, 0.3) is 0 Å². The largest absolute Gasteiger partial charge is 0.385 e. The van der Waals surface area contributed by atoms with Crippen LogP contribution in [0.1, 0.15) is 30.8 Å². The lowest BCUT2D eigenvalue weighted by atomic mass is 10.3. The number of carbonyl (C=O) groups excluding carboxylic acids is 1. The monoisotopic (exact) mass is 252 g/mol. The first kappa shape index (κ1) is 14.4. The Morgan fingerprint density at radius 2 is 2.28 bits per heavy atom. The molecule has 0 fully saturated rings. The molecule has 1 aromatic heterocycles. The summed E-state index contributed by atoms with van der Waals surface area (Å²) in [6, 6.07) is 1.82. The first-order chi connectivity index (χ1) is 8.63. The molecule has 0 saturated heterocycles. The molecule has 0 aromatic carbocycles. The van der Waals surface area contributed by atoms with Gasteiger partial charge in [0.2, 0.25) is 5.95 Å². The van der Waals surface area contributed by atoms with Gasteiger partial charge in [0, 0.05) is 32.5 Å². The van der Waals surface area contributed by atoms with Crippen LogP contribution < -0.4 is 10.6 Å². The number of aromatic nitrogens is 2. The van der Waals surface area contributed by atoms with Crippen LogP contribution in [0, 0.1) is 0 Å². The summed E-state index contributed by atoms with van der Waals surface area (Å²) in [4.78, 5) is 20.0. The van der Waals surface area contributed by atoms with Crippen molar-refractivity contribution >= 4 is 11.9 Å². The molecule has 0 aliphatic carbocycles. The van der Waals surface area contributed by atoms with Gasteiger partial charge in [0.25, 0.3) is 5.91 Å². The van der Waals surface area contributed by atoms with Gasteiger partial charge in [0.15, 0.2) is 0 Å². The highest BCUT2D eigenvalue weighted by Gasteiger charge is 2.08. The van der Waals surface area contributed by atoms with Gasteiger partial charge in [-0.2, -0.15) is 0 Å². The normalized spacial score (nSPS) is 10.4. The Balaban J connectivity index is 2.51. The predicted octanol–water partition coefficient (Wildman–Crippen LogP) is 1.06. The van der Waals surface area contributed by atoms with Gasteiger partial charge in [-0.15, -0.1) is 0 Å². The Labute approximate surface area is 107 Å². The highest BCUT2D eigenvalue weighted by molar-refractivity contribution is 5.92. The summed E-state index contributed by atoms with van der Waals surface area (Å²) >= 11 is 0. The topological polar surface area (TPSA) is 76.1 Å². The van der Waals surface area contributed by atoms with E-state index in [0.29, 0.717) is 24.8 Å². The van der Waals surface area contributed by atoms with Crippen LogP contribution >= 0.6 is 0 Å². The number of hydrogen-bond donors (Lipinski definition) is 2. The zero-order valence-corrected chi connectivity index (χ0v) is 11.1. The van der Waals surface area contributed by atoms with E-state index in [0.717, 1.165) is 6.42 Å². The number of nitrogens with zero attached hydrogens (tertiary/aromatic N) is 2. The van der Waals surface area contributed by atoms with E-state index in [1.807, 2.05) is 13.8 Å². The van der Waals surface area contributed by atoms with E-state index in [1.54, 1.807) is 19.4 Å². The highest BCUT2D eigenvalue weighted by Crippen LogP contribution is 2.02. The maximum atomic E-state index is 11.8. The minimum Gasteiger partial charge on any atom is -0.385 e. The Hall–Kier alpha value is -1.69. The molecule has 0 bridgehead atoms. The number of rotatable bonds is 7. The zero-order chi connectivity index (χ0) is 13.4. The minimum absolute atomic E-state index is 0.194. The van der Waals surface area contributed by atoms with Crippen LogP contribution in [0.3, 0.4) is 0 Å². The summed E-state index contributed by atoms with van der Waals surface area (Å²) in [5.74, 6) is 0.273. The maximum Gasteiger partial charge on any atom is 0.270 e. The van der Waals surface area contributed by atoms with Gasteiger partial charge in [0.1, 0.15) is 5.69 Å². The van der Waals surface area contributed by atoms with Gasteiger partial charge in [-0.1, -0.05) is 0 Å². The quantitative estimate of drug-likeness (QED) is 0.710. The van der Waals surface area contributed by atoms with E-state index < -0.39 is 0 Å². The summed E-state index contributed by atoms with van der Waals surface area (Å²) in [6.07, 6.45) is 2.35. The fourth-order valence-corrected chi connectivity index (χ4v) is 1.32. The molecule has 0 aliphatic heterocycles. The number of amides is 1. The Morgan fingerprint density at radius 3 is 2.94 bits per heavy atom. The molecular formula is C12H20N4O2. The van der Waals surface area contributed by atoms with Crippen molar-refractivity contribution in [2.75, 3.05) is 25.6 Å². The van der Waals surface area contributed by atoms with E-state index in [4.69, 9.17) is 4.74 Å². The van der Waals surface area contributed by atoms with E-state index in [-0.39, 0.29) is 11.9 Å². The van der Waals surface area contributed by atoms with Crippen molar-refractivity contribution in [2.24, 2.45) is 0 Å². The van der Waals surface area contributed by atoms with Crippen LogP contribution in [0.2, 0.25) is 0 Å². The van der Waals surface area contributed by atoms with Crippen LogP contribution in [0.5, 0.6) is 0 Å². The van der Waals surface area contributed by atoms with E-state index in [1.165, 1.54) is 0 Å². The Bertz CT molecular complexity index is 382. The van der Waals surface area contributed by atoms with Crippen molar-refractivity contribution in [1.82, 2.24) is 15.3 Å². The standard InChI is InChI=1S/C12H20N4O2/c1-9(2)15-12-14-7-5-10(16-12)11(17)13-6-4-8-18-3/h5,7,9H,4,6,8H2,1-3H3,(H,13,17)(H,14,15,16). The zero-order valence-electron chi connectivity index (χ0n) is 11.1. The Morgan fingerprint density at radius 1 is 1.50 bits per heavy atom. The molecule has 0 aliphatic rings. The van der Waals surface area contributed by atoms with Crippen LogP contribution in [0.4, 0.5) is 5.95 Å². The van der Waals surface area contributed by atoms with Gasteiger partial charge >= 0.3 is 0 Å². The molecule has 100 valence electrons. The summed E-state index contributed by atoms with van der Waals surface area (Å²) in [7, 11) is 1.64. The number of nitrogens with one attached hydrogen (secondary N) is 2. The number of anilines is 1. The lowest BCUT2D eigenvalue weighted by Crippen LogP contribution is -2.26. The van der Waals surface area contributed by atoms with Crippen molar-refractivity contribution < 1.29 is 9.53 Å². The third-order valence-electron chi connectivity index (χ3n) is 2.12. The van der Waals surface area contributed by atoms with Crippen LogP contribution in [0.15, 0.2) is 12.3 Å². The van der Waals surface area contributed by atoms with E-state index in [2.05, 4.69) is 20.6 Å². The van der Waals surface area contributed by atoms with Crippen molar-refractivity contribution in [3.63, 3.8) is 0 Å². The van der Waals surface area contributed by atoms with Crippen molar-refractivity contribution in [2.45, 2.75) is 26.3 Å². The van der Waals surface area contributed by atoms with Gasteiger partial charge in [-0.05, 0) is 26.3 Å². The lowest BCUT2D eigenvalue weighted by Gasteiger charge is -2.09. The fraction of sp³-hybridized carbons (Fsp3) is 0.583. The van der Waals surface area contributed by atoms with Gasteiger partial charge < -0.3 is 15.4 Å². The first-order valence-corrected chi connectivity index (χ1v) is 6.00. The average molecular weight is 252 g/mol. The number of ether oxygens (including phenoxy) is 1. The van der Waals surface area contributed by atoms with Gasteiger partial charge in [-0.25, -0.2) is 9.97 Å². The lowest BCUT2D eigenvalue weighted by molar-refractivity contribution is 0.0943. The summed E-state index contributed by atoms with van der Waals surface area (Å²) in [6.45, 7) is 5.18. The second kappa shape index (κ2) is 7.60. The fourth-order valence-electron chi connectivity index (χ4n) is 1.32. The minimum atomic E-state index is -0.194. The molecule has 0 radical (unpaired) electrons. The SMILES string of the molecule is COCCCNC(=O)c1ccnc(NC(C)C)n1. The highest BCUT2D eigenvalue weighted by atomic mass is 16.5. The second-order valence-corrected chi connectivity index (χ2v) is 4.17. The summed E-state index contributed by atoms with van der Waals surface area (Å²) in [5, 5.41) is 5.83. The molecule has 0 saturated carbocycles. The second-order valence-electron chi connectivity index (χ2n) is 4.17. The molecule has 0 unspecified atom stereocenters. The molecule has 1 amide bonds. The molecule has 1 heterocycles. The molecule has 1 aromatic rings. The average Bonchev–Trinajstić information content (AvgIpc) is 2.34. The van der Waals surface area contributed by atoms with Crippen LogP contribution in [-0.2, 0) is 4.74 Å². The first-order valence-electron chi connectivity index (χ1n) is 6.00. The van der Waals surface area contributed by atoms with Gasteiger partial charge in [0.05, 0.1) is 0 Å². The predicted molar refractivity (Wildman–Crippen MR) is 69.6 cm³/mol. The molecule has 6 heteroatoms. The summed E-state index contributed by atoms with van der Waals surface area (Å²) in [5.41, 5.74) is 0.366. The molecule has 18 heavy (non-hydrogen) atoms. The summed E-state index contributed by atoms with van der Waals surface area (Å²) < 4.78 is 4.91. The van der Waals surface area contributed by atoms with E-state index >= 15 is 0 Å². The molecule has 6 nitrogen and oxygen atoms in total. The molecular weight excluding hydrogens is 232 g/mol. The molecule has 0 spiro atoms. The van der Waals surface area contributed by atoms with Gasteiger partial charge in [-0.3, -0.25) is 4.79 Å². The third-order valence-corrected chi connectivity index (χ3v) is 2.12.